The van der Waals surface area contributed by atoms with Gasteiger partial charge >= 0.3 is 17.9 Å². The van der Waals surface area contributed by atoms with Crippen LogP contribution in [0.15, 0.2) is 24.3 Å². The molecule has 0 N–H and O–H groups in total. The van der Waals surface area contributed by atoms with Crippen LogP contribution in [-0.4, -0.2) is 32.1 Å². The van der Waals surface area contributed by atoms with E-state index in [1.807, 2.05) is 0 Å². The topological polar surface area (TPSA) is 88.1 Å². The van der Waals surface area contributed by atoms with Gasteiger partial charge in [0.25, 0.3) is 0 Å². The van der Waals surface area contributed by atoms with Crippen molar-refractivity contribution in [2.45, 2.75) is 13.8 Å². The first-order valence-electron chi connectivity index (χ1n) is 6.96. The highest BCUT2D eigenvalue weighted by atomic mass is 16.5. The number of ether oxygens (including phenoxy) is 4. The Balaban J connectivity index is 2.82. The lowest BCUT2D eigenvalue weighted by Gasteiger charge is -2.14. The highest BCUT2D eigenvalue weighted by Gasteiger charge is 2.18. The first kappa shape index (κ1) is 17.3. The predicted octanol–water partition coefficient (Wildman–Crippen LogP) is 2.49. The summed E-state index contributed by atoms with van der Waals surface area (Å²) >= 11 is 0. The van der Waals surface area contributed by atoms with Crippen molar-refractivity contribution < 1.29 is 33.3 Å². The molecular weight excluding hydrogens is 316 g/mol. The SMILES string of the molecule is COC(=O)c1cc(OC(C)=O)c2c(OC(C)=O)cc(OC)cc2c1. The van der Waals surface area contributed by atoms with Gasteiger partial charge < -0.3 is 18.9 Å². The van der Waals surface area contributed by atoms with Gasteiger partial charge in [-0.1, -0.05) is 0 Å². The van der Waals surface area contributed by atoms with Gasteiger partial charge in [-0.3, -0.25) is 9.59 Å². The summed E-state index contributed by atoms with van der Waals surface area (Å²) in [5.41, 5.74) is 0.184. The molecular formula is C17H16O7. The molecule has 0 saturated heterocycles. The number of esters is 3. The Morgan fingerprint density at radius 3 is 1.92 bits per heavy atom. The van der Waals surface area contributed by atoms with Crippen LogP contribution in [-0.2, 0) is 14.3 Å². The molecule has 0 radical (unpaired) electrons. The minimum Gasteiger partial charge on any atom is -0.497 e. The lowest BCUT2D eigenvalue weighted by Crippen LogP contribution is -2.08. The second-order valence-corrected chi connectivity index (χ2v) is 4.88. The van der Waals surface area contributed by atoms with Crippen LogP contribution in [0.2, 0.25) is 0 Å². The molecule has 0 aliphatic carbocycles. The summed E-state index contributed by atoms with van der Waals surface area (Å²) < 4.78 is 20.2. The van der Waals surface area contributed by atoms with Crippen LogP contribution < -0.4 is 14.2 Å². The Labute approximate surface area is 138 Å². The van der Waals surface area contributed by atoms with Crippen LogP contribution in [0.1, 0.15) is 24.2 Å². The molecule has 0 amide bonds. The normalized spacial score (nSPS) is 10.2. The summed E-state index contributed by atoms with van der Waals surface area (Å²) in [4.78, 5) is 34.6. The van der Waals surface area contributed by atoms with Crippen LogP contribution in [0.4, 0.5) is 0 Å². The Morgan fingerprint density at radius 1 is 0.833 bits per heavy atom. The van der Waals surface area contributed by atoms with Crippen LogP contribution in [0.5, 0.6) is 17.2 Å². The third-order valence-corrected chi connectivity index (χ3v) is 3.11. The maximum Gasteiger partial charge on any atom is 0.338 e. The van der Waals surface area contributed by atoms with E-state index >= 15 is 0 Å². The second-order valence-electron chi connectivity index (χ2n) is 4.88. The molecule has 0 bridgehead atoms. The molecule has 7 heteroatoms. The summed E-state index contributed by atoms with van der Waals surface area (Å²) in [6.07, 6.45) is 0. The fourth-order valence-electron chi connectivity index (χ4n) is 2.24. The summed E-state index contributed by atoms with van der Waals surface area (Å²) in [5.74, 6) is -1.07. The van der Waals surface area contributed by atoms with Crippen molar-refractivity contribution in [3.63, 3.8) is 0 Å². The summed E-state index contributed by atoms with van der Waals surface area (Å²) in [5, 5.41) is 0.860. The lowest BCUT2D eigenvalue weighted by molar-refractivity contribution is -0.132. The molecule has 0 atom stereocenters. The van der Waals surface area contributed by atoms with E-state index in [2.05, 4.69) is 0 Å². The van der Waals surface area contributed by atoms with Crippen LogP contribution in [0, 0.1) is 0 Å². The van der Waals surface area contributed by atoms with Crippen LogP contribution in [0.3, 0.4) is 0 Å². The van der Waals surface area contributed by atoms with Gasteiger partial charge in [-0.25, -0.2) is 4.79 Å². The number of hydrogen-bond acceptors (Lipinski definition) is 7. The third kappa shape index (κ3) is 3.62. The fourth-order valence-corrected chi connectivity index (χ4v) is 2.24. The number of hydrogen-bond donors (Lipinski definition) is 0. The molecule has 0 aliphatic rings. The molecule has 0 aliphatic heterocycles. The Bertz CT molecular complexity index is 823. The van der Waals surface area contributed by atoms with Gasteiger partial charge in [-0.15, -0.1) is 0 Å². The molecule has 0 fully saturated rings. The zero-order valence-electron chi connectivity index (χ0n) is 13.7. The highest BCUT2D eigenvalue weighted by Crippen LogP contribution is 2.39. The minimum atomic E-state index is -0.595. The first-order valence-corrected chi connectivity index (χ1v) is 6.96. The predicted molar refractivity (Wildman–Crippen MR) is 84.5 cm³/mol. The molecule has 126 valence electrons. The van der Waals surface area contributed by atoms with E-state index in [0.29, 0.717) is 16.5 Å². The zero-order valence-corrected chi connectivity index (χ0v) is 13.7. The molecule has 2 rings (SSSR count). The Morgan fingerprint density at radius 2 is 1.42 bits per heavy atom. The largest absolute Gasteiger partial charge is 0.497 e. The summed E-state index contributed by atoms with van der Waals surface area (Å²) in [6, 6.07) is 6.01. The molecule has 2 aromatic rings. The van der Waals surface area contributed by atoms with E-state index in [9.17, 15) is 14.4 Å². The van der Waals surface area contributed by atoms with Crippen LogP contribution in [0.25, 0.3) is 10.8 Å². The lowest BCUT2D eigenvalue weighted by atomic mass is 10.0. The van der Waals surface area contributed by atoms with E-state index in [1.54, 1.807) is 6.07 Å². The van der Waals surface area contributed by atoms with Crippen molar-refractivity contribution in [1.29, 1.82) is 0 Å². The maximum absolute atomic E-state index is 11.8. The fraction of sp³-hybridized carbons (Fsp3) is 0.235. The van der Waals surface area contributed by atoms with Gasteiger partial charge in [0.05, 0.1) is 25.2 Å². The molecule has 0 saturated carbocycles. The molecule has 7 nitrogen and oxygen atoms in total. The first-order chi connectivity index (χ1) is 11.3. The number of methoxy groups -OCH3 is 2. The van der Waals surface area contributed by atoms with Crippen molar-refractivity contribution in [2.75, 3.05) is 14.2 Å². The monoisotopic (exact) mass is 332 g/mol. The molecule has 0 aromatic heterocycles. The number of rotatable bonds is 4. The smallest absolute Gasteiger partial charge is 0.338 e. The quantitative estimate of drug-likeness (QED) is 0.628. The van der Waals surface area contributed by atoms with Gasteiger partial charge in [0.15, 0.2) is 0 Å². The maximum atomic E-state index is 11.8. The number of carbonyl (C=O) groups is 3. The second kappa shape index (κ2) is 6.99. The summed E-state index contributed by atoms with van der Waals surface area (Å²) in [7, 11) is 2.70. The number of carbonyl (C=O) groups excluding carboxylic acids is 3. The van der Waals surface area contributed by atoms with Crippen molar-refractivity contribution in [3.05, 3.63) is 29.8 Å². The minimum absolute atomic E-state index is 0.0827. The molecule has 0 heterocycles. The van der Waals surface area contributed by atoms with Crippen LogP contribution >= 0.6 is 0 Å². The third-order valence-electron chi connectivity index (χ3n) is 3.11. The standard InChI is InChI=1S/C17H16O7/c1-9(18)23-14-7-12(17(20)22-4)5-11-6-13(21-3)8-15(16(11)14)24-10(2)19/h5-8H,1-4H3. The Hall–Kier alpha value is -3.09. The molecule has 0 unspecified atom stereocenters. The highest BCUT2D eigenvalue weighted by molar-refractivity contribution is 6.03. The van der Waals surface area contributed by atoms with Crippen molar-refractivity contribution in [1.82, 2.24) is 0 Å². The number of fused-ring (bicyclic) bond motifs is 1. The van der Waals surface area contributed by atoms with Gasteiger partial charge in [-0.05, 0) is 23.6 Å². The van der Waals surface area contributed by atoms with E-state index in [0.717, 1.165) is 0 Å². The van der Waals surface area contributed by atoms with E-state index in [-0.39, 0.29) is 17.1 Å². The van der Waals surface area contributed by atoms with Gasteiger partial charge in [0.2, 0.25) is 0 Å². The molecule has 2 aromatic carbocycles. The average molecular weight is 332 g/mol. The average Bonchev–Trinajstić information content (AvgIpc) is 2.52. The Kier molecular flexibility index (Phi) is 5.03. The number of benzene rings is 2. The van der Waals surface area contributed by atoms with Gasteiger partial charge in [0.1, 0.15) is 17.2 Å². The van der Waals surface area contributed by atoms with Gasteiger partial charge in [-0.2, -0.15) is 0 Å². The van der Waals surface area contributed by atoms with Gasteiger partial charge in [0, 0.05) is 19.9 Å². The zero-order chi connectivity index (χ0) is 17.9. The molecule has 24 heavy (non-hydrogen) atoms. The molecule has 0 spiro atoms. The van der Waals surface area contributed by atoms with Crippen molar-refractivity contribution in [3.8, 4) is 17.2 Å². The van der Waals surface area contributed by atoms with Crippen molar-refractivity contribution >= 4 is 28.7 Å². The van der Waals surface area contributed by atoms with Crippen molar-refractivity contribution in [2.24, 2.45) is 0 Å². The van der Waals surface area contributed by atoms with E-state index in [1.165, 1.54) is 46.3 Å². The summed E-state index contributed by atoms with van der Waals surface area (Å²) in [6.45, 7) is 2.48. The van der Waals surface area contributed by atoms with E-state index in [4.69, 9.17) is 18.9 Å². The van der Waals surface area contributed by atoms with E-state index < -0.39 is 17.9 Å².